The van der Waals surface area contributed by atoms with Crippen molar-refractivity contribution in [1.82, 2.24) is 0 Å². The van der Waals surface area contributed by atoms with Gasteiger partial charge in [-0.3, -0.25) is 0 Å². The molecule has 1 aliphatic carbocycles. The van der Waals surface area contributed by atoms with E-state index in [4.69, 9.17) is 10.5 Å². The van der Waals surface area contributed by atoms with Gasteiger partial charge in [0, 0.05) is 12.1 Å². The van der Waals surface area contributed by atoms with E-state index >= 15 is 0 Å². The van der Waals surface area contributed by atoms with Crippen LogP contribution in [0.25, 0.3) is 0 Å². The van der Waals surface area contributed by atoms with Crippen molar-refractivity contribution in [3.63, 3.8) is 0 Å². The van der Waals surface area contributed by atoms with E-state index in [1.807, 2.05) is 12.1 Å². The molecule has 1 fully saturated rings. The molecule has 0 saturated heterocycles. The molecule has 0 heterocycles. The van der Waals surface area contributed by atoms with Crippen LogP contribution in [-0.4, -0.2) is 13.2 Å². The van der Waals surface area contributed by atoms with Crippen molar-refractivity contribution in [2.24, 2.45) is 17.6 Å². The zero-order chi connectivity index (χ0) is 14.9. The molecule has 0 amide bonds. The second kappa shape index (κ2) is 5.72. The van der Waals surface area contributed by atoms with Crippen LogP contribution in [0, 0.1) is 17.7 Å². The van der Waals surface area contributed by atoms with Gasteiger partial charge in [-0.25, -0.2) is 4.39 Å². The van der Waals surface area contributed by atoms with Crippen molar-refractivity contribution in [3.05, 3.63) is 29.6 Å². The molecule has 1 aliphatic rings. The minimum Gasteiger partial charge on any atom is -0.497 e. The predicted molar refractivity (Wildman–Crippen MR) is 80.5 cm³/mol. The number of hydrogen-bond acceptors (Lipinski definition) is 2. The Balaban J connectivity index is 2.29. The molecule has 3 heteroatoms. The van der Waals surface area contributed by atoms with Crippen LogP contribution < -0.4 is 10.5 Å². The molecule has 20 heavy (non-hydrogen) atoms. The second-order valence-corrected chi connectivity index (χ2v) is 6.76. The number of hydrogen-bond donors (Lipinski definition) is 1. The largest absolute Gasteiger partial charge is 0.497 e. The summed E-state index contributed by atoms with van der Waals surface area (Å²) in [7, 11) is 1.55. The summed E-state index contributed by atoms with van der Waals surface area (Å²) in [4.78, 5) is 0. The van der Waals surface area contributed by atoms with Crippen LogP contribution in [0.3, 0.4) is 0 Å². The van der Waals surface area contributed by atoms with Gasteiger partial charge in [0.1, 0.15) is 11.6 Å². The highest BCUT2D eigenvalue weighted by molar-refractivity contribution is 5.34. The minimum atomic E-state index is -0.254. The van der Waals surface area contributed by atoms with Crippen molar-refractivity contribution in [3.8, 4) is 5.75 Å². The van der Waals surface area contributed by atoms with Gasteiger partial charge in [0.2, 0.25) is 0 Å². The minimum absolute atomic E-state index is 0.148. The van der Waals surface area contributed by atoms with Crippen LogP contribution >= 0.6 is 0 Å². The molecular weight excluding hydrogens is 253 g/mol. The van der Waals surface area contributed by atoms with E-state index in [-0.39, 0.29) is 17.3 Å². The van der Waals surface area contributed by atoms with E-state index in [9.17, 15) is 4.39 Å². The normalized spacial score (nSPS) is 27.4. The highest BCUT2D eigenvalue weighted by Gasteiger charge is 2.39. The number of nitrogens with two attached hydrogens (primary N) is 1. The first-order valence-corrected chi connectivity index (χ1v) is 7.46. The fourth-order valence-electron chi connectivity index (χ4n) is 3.67. The van der Waals surface area contributed by atoms with Crippen LogP contribution in [0.2, 0.25) is 0 Å². The molecule has 3 unspecified atom stereocenters. The van der Waals surface area contributed by atoms with Crippen molar-refractivity contribution in [2.75, 3.05) is 7.11 Å². The van der Waals surface area contributed by atoms with Gasteiger partial charge in [-0.1, -0.05) is 33.3 Å². The summed E-state index contributed by atoms with van der Waals surface area (Å²) in [6, 6.07) is 5.29. The molecule has 1 aromatic carbocycles. The molecule has 1 saturated carbocycles. The van der Waals surface area contributed by atoms with Crippen LogP contribution in [0.15, 0.2) is 18.2 Å². The van der Waals surface area contributed by atoms with Crippen molar-refractivity contribution >= 4 is 0 Å². The van der Waals surface area contributed by atoms with Gasteiger partial charge < -0.3 is 10.5 Å². The fourth-order valence-corrected chi connectivity index (χ4v) is 3.67. The SMILES string of the molecule is COc1ccc(C(C)(C)C2CCC(C)CC2N)c(F)c1. The maximum atomic E-state index is 14.4. The van der Waals surface area contributed by atoms with Gasteiger partial charge in [-0.15, -0.1) is 0 Å². The third-order valence-corrected chi connectivity index (χ3v) is 4.96. The summed E-state index contributed by atoms with van der Waals surface area (Å²) in [6.45, 7) is 6.47. The Bertz CT molecular complexity index is 472. The van der Waals surface area contributed by atoms with Crippen LogP contribution in [0.5, 0.6) is 5.75 Å². The lowest BCUT2D eigenvalue weighted by molar-refractivity contribution is 0.168. The molecule has 0 radical (unpaired) electrons. The fraction of sp³-hybridized carbons (Fsp3) is 0.647. The second-order valence-electron chi connectivity index (χ2n) is 6.76. The van der Waals surface area contributed by atoms with Crippen molar-refractivity contribution < 1.29 is 9.13 Å². The zero-order valence-corrected chi connectivity index (χ0v) is 12.9. The van der Waals surface area contributed by atoms with E-state index in [1.165, 1.54) is 12.5 Å². The number of ether oxygens (including phenoxy) is 1. The molecule has 3 atom stereocenters. The third-order valence-electron chi connectivity index (χ3n) is 4.96. The average molecular weight is 279 g/mol. The lowest BCUT2D eigenvalue weighted by atomic mass is 9.64. The number of halogens is 1. The molecule has 2 nitrogen and oxygen atoms in total. The summed E-state index contributed by atoms with van der Waals surface area (Å²) in [6.07, 6.45) is 3.28. The Kier molecular flexibility index (Phi) is 4.38. The number of benzene rings is 1. The lowest BCUT2D eigenvalue weighted by Gasteiger charge is -2.43. The molecule has 0 bridgehead atoms. The topological polar surface area (TPSA) is 35.2 Å². The third kappa shape index (κ3) is 2.83. The van der Waals surface area contributed by atoms with Gasteiger partial charge in [0.25, 0.3) is 0 Å². The molecule has 0 aliphatic heterocycles. The smallest absolute Gasteiger partial charge is 0.130 e. The summed E-state index contributed by atoms with van der Waals surface area (Å²) >= 11 is 0. The van der Waals surface area contributed by atoms with E-state index in [2.05, 4.69) is 20.8 Å². The van der Waals surface area contributed by atoms with Gasteiger partial charge >= 0.3 is 0 Å². The van der Waals surface area contributed by atoms with E-state index < -0.39 is 0 Å². The standard InChI is InChI=1S/C17H26FNO/c1-11-5-7-14(16(19)9-11)17(2,3)13-8-6-12(20-4)10-15(13)18/h6,8,10-11,14,16H,5,7,9,19H2,1-4H3. The first-order valence-electron chi connectivity index (χ1n) is 7.46. The molecule has 0 aromatic heterocycles. The van der Waals surface area contributed by atoms with Gasteiger partial charge in [0.15, 0.2) is 0 Å². The molecule has 2 rings (SSSR count). The zero-order valence-electron chi connectivity index (χ0n) is 12.9. The Morgan fingerprint density at radius 3 is 2.55 bits per heavy atom. The quantitative estimate of drug-likeness (QED) is 0.911. The highest BCUT2D eigenvalue weighted by Crippen LogP contribution is 2.42. The van der Waals surface area contributed by atoms with E-state index in [0.29, 0.717) is 17.6 Å². The Morgan fingerprint density at radius 1 is 1.30 bits per heavy atom. The van der Waals surface area contributed by atoms with Crippen molar-refractivity contribution in [2.45, 2.75) is 51.5 Å². The molecule has 0 spiro atoms. The maximum Gasteiger partial charge on any atom is 0.130 e. The Morgan fingerprint density at radius 2 is 2.00 bits per heavy atom. The van der Waals surface area contributed by atoms with Gasteiger partial charge in [-0.05, 0) is 41.7 Å². The van der Waals surface area contributed by atoms with Gasteiger partial charge in [-0.2, -0.15) is 0 Å². The molecule has 1 aromatic rings. The van der Waals surface area contributed by atoms with E-state index in [0.717, 1.165) is 18.4 Å². The maximum absolute atomic E-state index is 14.4. The van der Waals surface area contributed by atoms with Crippen LogP contribution in [-0.2, 0) is 5.41 Å². The molecule has 112 valence electrons. The number of rotatable bonds is 3. The summed E-state index contributed by atoms with van der Waals surface area (Å²) in [5.74, 6) is 1.36. The summed E-state index contributed by atoms with van der Waals surface area (Å²) < 4.78 is 19.4. The first-order chi connectivity index (χ1) is 9.36. The van der Waals surface area contributed by atoms with Crippen LogP contribution in [0.4, 0.5) is 4.39 Å². The highest BCUT2D eigenvalue weighted by atomic mass is 19.1. The Labute approximate surface area is 121 Å². The molecular formula is C17H26FNO. The molecule has 2 N–H and O–H groups in total. The summed E-state index contributed by atoms with van der Waals surface area (Å²) in [5, 5.41) is 0. The van der Waals surface area contributed by atoms with E-state index in [1.54, 1.807) is 7.11 Å². The number of methoxy groups -OCH3 is 1. The lowest BCUT2D eigenvalue weighted by Crippen LogP contribution is -2.46. The van der Waals surface area contributed by atoms with Gasteiger partial charge in [0.05, 0.1) is 7.11 Å². The monoisotopic (exact) mass is 279 g/mol. The Hall–Kier alpha value is -1.09. The average Bonchev–Trinajstić information content (AvgIpc) is 2.37. The summed E-state index contributed by atoms with van der Waals surface area (Å²) in [5.41, 5.74) is 6.84. The first kappa shape index (κ1) is 15.3. The predicted octanol–water partition coefficient (Wildman–Crippen LogP) is 3.88. The van der Waals surface area contributed by atoms with Crippen LogP contribution in [0.1, 0.15) is 45.6 Å². The van der Waals surface area contributed by atoms with Crippen molar-refractivity contribution in [1.29, 1.82) is 0 Å².